The van der Waals surface area contributed by atoms with Crippen LogP contribution in [0.5, 0.6) is 5.75 Å². The Morgan fingerprint density at radius 3 is 2.24 bits per heavy atom. The molecule has 1 aliphatic carbocycles. The second-order valence-electron chi connectivity index (χ2n) is 20.4. The van der Waals surface area contributed by atoms with E-state index >= 15 is 0 Å². The molecule has 0 bridgehead atoms. The van der Waals surface area contributed by atoms with Crippen molar-refractivity contribution in [1.29, 1.82) is 0 Å². The fraction of sp³-hybridized carbons (Fsp3) is 0.578. The van der Waals surface area contributed by atoms with Gasteiger partial charge >= 0.3 is 0 Å². The van der Waals surface area contributed by atoms with Crippen molar-refractivity contribution in [3.63, 3.8) is 0 Å². The van der Waals surface area contributed by atoms with Gasteiger partial charge in [0.05, 0.1) is 29.3 Å². The Hall–Kier alpha value is -3.34. The molecule has 3 aromatic heterocycles. The third kappa shape index (κ3) is 10.3. The molecule has 0 saturated heterocycles. The normalized spacial score (nSPS) is 17.3. The van der Waals surface area contributed by atoms with Gasteiger partial charge in [-0.1, -0.05) is 73.3 Å². The smallest absolute Gasteiger partial charge is 0.236 e. The number of fused-ring (bicyclic) bond motifs is 2. The van der Waals surface area contributed by atoms with Crippen molar-refractivity contribution in [3.05, 3.63) is 60.4 Å². The third-order valence-corrected chi connectivity index (χ3v) is 19.2. The molecule has 0 atom stereocenters. The van der Waals surface area contributed by atoms with Crippen LogP contribution in [-0.2, 0) is 25.9 Å². The van der Waals surface area contributed by atoms with E-state index in [0.29, 0.717) is 23.1 Å². The maximum absolute atomic E-state index is 6.95. The predicted octanol–water partition coefficient (Wildman–Crippen LogP) is 12.1. The molecular weight excluding hydrogens is 773 g/mol. The molecule has 13 heteroatoms. The van der Waals surface area contributed by atoms with Crippen molar-refractivity contribution in [3.8, 4) is 16.9 Å². The zero-order valence-electron chi connectivity index (χ0n) is 37.7. The van der Waals surface area contributed by atoms with E-state index in [4.69, 9.17) is 28.4 Å². The molecule has 0 spiro atoms. The molecular formula is C45H68N6O4Si3. The molecule has 314 valence electrons. The largest absolute Gasteiger partial charge is 0.496 e. The van der Waals surface area contributed by atoms with Crippen LogP contribution in [0, 0.1) is 0 Å². The number of nitrogens with one attached hydrogen (secondary N) is 1. The zero-order chi connectivity index (χ0) is 42.3. The summed E-state index contributed by atoms with van der Waals surface area (Å²) in [6.45, 7) is 30.9. The van der Waals surface area contributed by atoms with E-state index in [1.54, 1.807) is 13.3 Å². The minimum Gasteiger partial charge on any atom is -0.496 e. The van der Waals surface area contributed by atoms with Crippen molar-refractivity contribution in [1.82, 2.24) is 24.3 Å². The number of benzene rings is 2. The summed E-state index contributed by atoms with van der Waals surface area (Å²) in [5.41, 5.74) is 5.59. The second kappa shape index (κ2) is 17.0. The van der Waals surface area contributed by atoms with Crippen LogP contribution < -0.4 is 10.1 Å². The summed E-state index contributed by atoms with van der Waals surface area (Å²) in [4.78, 5) is 9.80. The van der Waals surface area contributed by atoms with Gasteiger partial charge in [0.25, 0.3) is 0 Å². The first kappa shape index (κ1) is 44.2. The second-order valence-corrected chi connectivity index (χ2v) is 32.7. The quantitative estimate of drug-likeness (QED) is 0.0822. The van der Waals surface area contributed by atoms with Crippen LogP contribution in [0.4, 0.5) is 11.8 Å². The van der Waals surface area contributed by atoms with Crippen LogP contribution in [0.25, 0.3) is 33.1 Å². The number of hydrogen-bond donors (Lipinski definition) is 1. The number of ether oxygens (including phenoxy) is 2. The summed E-state index contributed by atoms with van der Waals surface area (Å²) in [5.74, 6) is 2.29. The molecule has 0 amide bonds. The van der Waals surface area contributed by atoms with Gasteiger partial charge < -0.3 is 28.2 Å². The van der Waals surface area contributed by atoms with E-state index in [-0.39, 0.29) is 22.2 Å². The monoisotopic (exact) mass is 840 g/mol. The van der Waals surface area contributed by atoms with E-state index in [9.17, 15) is 0 Å². The number of aromatic nitrogens is 5. The minimum atomic E-state index is -1.88. The van der Waals surface area contributed by atoms with E-state index in [1.807, 2.05) is 16.9 Å². The predicted molar refractivity (Wildman–Crippen MR) is 246 cm³/mol. The average Bonchev–Trinajstić information content (AvgIpc) is 3.68. The summed E-state index contributed by atoms with van der Waals surface area (Å²) >= 11 is 0. The van der Waals surface area contributed by atoms with Crippen molar-refractivity contribution < 1.29 is 18.3 Å². The van der Waals surface area contributed by atoms with Gasteiger partial charge in [0, 0.05) is 50.2 Å². The van der Waals surface area contributed by atoms with Crippen molar-refractivity contribution in [2.45, 2.75) is 154 Å². The molecule has 58 heavy (non-hydrogen) atoms. The summed E-state index contributed by atoms with van der Waals surface area (Å²) in [6, 6.07) is 16.3. The Morgan fingerprint density at radius 1 is 0.879 bits per heavy atom. The number of anilines is 2. The van der Waals surface area contributed by atoms with E-state index < -0.39 is 22.0 Å². The number of hydrogen-bond acceptors (Lipinski definition) is 8. The van der Waals surface area contributed by atoms with Gasteiger partial charge in [-0.3, -0.25) is 4.98 Å². The van der Waals surface area contributed by atoms with Crippen LogP contribution in [0.15, 0.2) is 54.9 Å². The highest BCUT2D eigenvalue weighted by molar-refractivity contribution is 6.76. The number of pyridine rings is 1. The van der Waals surface area contributed by atoms with E-state index in [0.717, 1.165) is 87.9 Å². The Morgan fingerprint density at radius 2 is 1.59 bits per heavy atom. The molecule has 3 heterocycles. The molecule has 1 N–H and O–H groups in total. The molecule has 0 unspecified atom stereocenters. The fourth-order valence-electron chi connectivity index (χ4n) is 7.23. The van der Waals surface area contributed by atoms with Gasteiger partial charge in [0.15, 0.2) is 14.1 Å². The topological polar surface area (TPSA) is 97.5 Å². The lowest BCUT2D eigenvalue weighted by Gasteiger charge is -2.41. The SMILES string of the molecule is COc1ccncc1-c1ccc2c(c1)c(Nc1nc3cc(C(C)(C)O[Si]C(C)(C)C)ccc3n1C1CCC(O[Si](C)(C)C(C)(C)C)CC1)nn2COCC[Si](C)(C)C. The Kier molecular flexibility index (Phi) is 12.9. The van der Waals surface area contributed by atoms with Gasteiger partial charge in [0.1, 0.15) is 12.5 Å². The lowest BCUT2D eigenvalue weighted by Crippen LogP contribution is -2.44. The van der Waals surface area contributed by atoms with Gasteiger partial charge in [-0.15, -0.1) is 0 Å². The summed E-state index contributed by atoms with van der Waals surface area (Å²) in [6.07, 6.45) is 7.94. The Balaban J connectivity index is 1.41. The van der Waals surface area contributed by atoms with Gasteiger partial charge in [-0.05, 0) is 110 Å². The number of rotatable bonds is 15. The fourth-order valence-corrected chi connectivity index (χ4v) is 10.1. The lowest BCUT2D eigenvalue weighted by molar-refractivity contribution is 0.0819. The molecule has 1 saturated carbocycles. The molecule has 10 nitrogen and oxygen atoms in total. The standard InChI is InChI=1S/C45H68N6O4Si3/c1-43(2,3)56-55-45(7,8)32-16-22-39-37(28-32)47-42(51(39)33-17-19-34(20-18-33)54-58(13,14)44(4,5)6)48-41-35-27-31(36-29-46-24-23-40(36)52-9)15-21-38(35)50(49-41)30-53-25-26-57(10,11)12/h15-16,21-24,27-29,33-34H,17-20,25-26,30H2,1-14H3,(H,47,48,49). The third-order valence-electron chi connectivity index (χ3n) is 11.8. The van der Waals surface area contributed by atoms with Crippen molar-refractivity contribution >= 4 is 59.9 Å². The van der Waals surface area contributed by atoms with Crippen LogP contribution in [0.1, 0.15) is 92.7 Å². The molecule has 2 aromatic carbocycles. The summed E-state index contributed by atoms with van der Waals surface area (Å²) in [5, 5.41) is 10.2. The van der Waals surface area contributed by atoms with Gasteiger partial charge in [0.2, 0.25) is 15.7 Å². The average molecular weight is 841 g/mol. The van der Waals surface area contributed by atoms with Crippen LogP contribution in [0.3, 0.4) is 0 Å². The van der Waals surface area contributed by atoms with Gasteiger partial charge in [-0.2, -0.15) is 5.10 Å². The van der Waals surface area contributed by atoms with Crippen LogP contribution in [0.2, 0.25) is 48.9 Å². The van der Waals surface area contributed by atoms with Crippen molar-refractivity contribution in [2.75, 3.05) is 19.0 Å². The van der Waals surface area contributed by atoms with Gasteiger partial charge in [-0.25, -0.2) is 9.67 Å². The van der Waals surface area contributed by atoms with E-state index in [2.05, 4.69) is 139 Å². The Labute approximate surface area is 351 Å². The first-order valence-electron chi connectivity index (χ1n) is 21.0. The minimum absolute atomic E-state index is 0.0841. The highest BCUT2D eigenvalue weighted by Gasteiger charge is 2.40. The Bertz CT molecular complexity index is 2190. The molecule has 0 aliphatic heterocycles. The van der Waals surface area contributed by atoms with Crippen LogP contribution >= 0.6 is 0 Å². The first-order valence-corrected chi connectivity index (χ1v) is 28.6. The molecule has 1 fully saturated rings. The number of nitrogens with zero attached hydrogens (tertiary/aromatic N) is 5. The first-order chi connectivity index (χ1) is 27.0. The highest BCUT2D eigenvalue weighted by Crippen LogP contribution is 2.43. The molecule has 2 radical (unpaired) electrons. The molecule has 1 aliphatic rings. The zero-order valence-corrected chi connectivity index (χ0v) is 40.7. The number of imidazole rings is 1. The molecule has 6 rings (SSSR count). The van der Waals surface area contributed by atoms with E-state index in [1.165, 1.54) is 0 Å². The van der Waals surface area contributed by atoms with Crippen LogP contribution in [-0.4, -0.2) is 70.3 Å². The number of methoxy groups -OCH3 is 1. The lowest BCUT2D eigenvalue weighted by atomic mass is 9.92. The maximum atomic E-state index is 6.95. The molecule has 5 aromatic rings. The maximum Gasteiger partial charge on any atom is 0.236 e. The highest BCUT2D eigenvalue weighted by atomic mass is 28.4. The summed E-state index contributed by atoms with van der Waals surface area (Å²) < 4.78 is 29.9. The van der Waals surface area contributed by atoms with Crippen molar-refractivity contribution in [2.24, 2.45) is 0 Å². The summed E-state index contributed by atoms with van der Waals surface area (Å²) in [7, 11) is -1.07.